The topological polar surface area (TPSA) is 70.8 Å². The predicted molar refractivity (Wildman–Crippen MR) is 55.1 cm³/mol. The molecule has 0 rings (SSSR count). The van der Waals surface area contributed by atoms with Crippen LogP contribution in [0.4, 0.5) is 0 Å². The first-order valence-electron chi connectivity index (χ1n) is 4.93. The van der Waals surface area contributed by atoms with Gasteiger partial charge in [0.25, 0.3) is 0 Å². The fourth-order valence-corrected chi connectivity index (χ4v) is 2.42. The van der Waals surface area contributed by atoms with Gasteiger partial charge in [0, 0.05) is 0 Å². The van der Waals surface area contributed by atoms with Crippen LogP contribution in [-0.4, -0.2) is 25.9 Å². The Hall–Kier alpha value is 0.0700. The van der Waals surface area contributed by atoms with Crippen molar-refractivity contribution in [2.24, 2.45) is 5.73 Å². The van der Waals surface area contributed by atoms with Crippen LogP contribution < -0.4 is 5.73 Å². The standard InChI is InChI=1S/C8H20NO4P/c1-3-11-13-14(10,12-4-2)8-6-5-7-9/h3-9H2,1-2H3. The Labute approximate surface area is 85.4 Å². The summed E-state index contributed by atoms with van der Waals surface area (Å²) in [4.78, 5) is 4.66. The quantitative estimate of drug-likeness (QED) is 0.281. The fourth-order valence-electron chi connectivity index (χ4n) is 0.903. The minimum absolute atomic E-state index is 0.354. The summed E-state index contributed by atoms with van der Waals surface area (Å²) in [6.45, 7) is 4.82. The molecule has 6 heteroatoms. The summed E-state index contributed by atoms with van der Waals surface area (Å²) in [7, 11) is -3.04. The first-order chi connectivity index (χ1) is 6.68. The molecule has 0 spiro atoms. The SMILES string of the molecule is CCOOP(=O)(CCCCN)OCC. The van der Waals surface area contributed by atoms with Gasteiger partial charge in [-0.05, 0) is 33.2 Å². The molecule has 5 nitrogen and oxygen atoms in total. The van der Waals surface area contributed by atoms with Gasteiger partial charge in [0.2, 0.25) is 0 Å². The molecule has 0 aromatic heterocycles. The fraction of sp³-hybridized carbons (Fsp3) is 1.00. The van der Waals surface area contributed by atoms with Crippen LogP contribution in [0.5, 0.6) is 0 Å². The van der Waals surface area contributed by atoms with E-state index in [0.29, 0.717) is 25.9 Å². The monoisotopic (exact) mass is 225 g/mol. The molecule has 0 aromatic rings. The van der Waals surface area contributed by atoms with Crippen molar-refractivity contribution >= 4 is 7.60 Å². The molecule has 0 saturated carbocycles. The van der Waals surface area contributed by atoms with Crippen LogP contribution in [0, 0.1) is 0 Å². The van der Waals surface area contributed by atoms with Crippen molar-refractivity contribution in [1.29, 1.82) is 0 Å². The third kappa shape index (κ3) is 6.51. The first-order valence-corrected chi connectivity index (χ1v) is 6.66. The van der Waals surface area contributed by atoms with E-state index in [1.54, 1.807) is 13.8 Å². The van der Waals surface area contributed by atoms with Gasteiger partial charge in [0.15, 0.2) is 0 Å². The van der Waals surface area contributed by atoms with Crippen LogP contribution in [0.2, 0.25) is 0 Å². The van der Waals surface area contributed by atoms with E-state index in [4.69, 9.17) is 14.9 Å². The summed E-state index contributed by atoms with van der Waals surface area (Å²) in [5.41, 5.74) is 5.33. The highest BCUT2D eigenvalue weighted by atomic mass is 31.2. The van der Waals surface area contributed by atoms with E-state index in [1.165, 1.54) is 0 Å². The Morgan fingerprint density at radius 2 is 1.93 bits per heavy atom. The lowest BCUT2D eigenvalue weighted by Gasteiger charge is -2.15. The van der Waals surface area contributed by atoms with E-state index in [0.717, 1.165) is 12.8 Å². The smallest absolute Gasteiger partial charge is 0.330 e. The van der Waals surface area contributed by atoms with Crippen LogP contribution in [-0.2, 0) is 18.7 Å². The van der Waals surface area contributed by atoms with Crippen LogP contribution in [0.3, 0.4) is 0 Å². The van der Waals surface area contributed by atoms with Crippen LogP contribution in [0.25, 0.3) is 0 Å². The molecule has 1 atom stereocenters. The molecule has 0 radical (unpaired) electrons. The third-order valence-electron chi connectivity index (χ3n) is 1.50. The predicted octanol–water partition coefficient (Wildman–Crippen LogP) is 1.92. The third-order valence-corrected chi connectivity index (χ3v) is 3.34. The molecule has 0 aromatic carbocycles. The van der Waals surface area contributed by atoms with Crippen molar-refractivity contribution in [2.75, 3.05) is 25.9 Å². The number of hydrogen-bond acceptors (Lipinski definition) is 5. The van der Waals surface area contributed by atoms with E-state index in [2.05, 4.69) is 4.89 Å². The van der Waals surface area contributed by atoms with E-state index < -0.39 is 7.60 Å². The Morgan fingerprint density at radius 3 is 2.43 bits per heavy atom. The van der Waals surface area contributed by atoms with E-state index in [-0.39, 0.29) is 0 Å². The van der Waals surface area contributed by atoms with Crippen molar-refractivity contribution in [3.8, 4) is 0 Å². The van der Waals surface area contributed by atoms with Crippen molar-refractivity contribution < 1.29 is 18.7 Å². The van der Waals surface area contributed by atoms with E-state index >= 15 is 0 Å². The maximum Gasteiger partial charge on any atom is 0.358 e. The number of hydrogen-bond donors (Lipinski definition) is 1. The summed E-state index contributed by atoms with van der Waals surface area (Å²) < 4.78 is 21.6. The zero-order chi connectivity index (χ0) is 10.9. The van der Waals surface area contributed by atoms with Crippen molar-refractivity contribution in [1.82, 2.24) is 0 Å². The largest absolute Gasteiger partial charge is 0.358 e. The molecule has 0 saturated heterocycles. The molecule has 0 heterocycles. The van der Waals surface area contributed by atoms with Gasteiger partial charge >= 0.3 is 7.60 Å². The second-order valence-corrected chi connectivity index (χ2v) is 4.81. The highest BCUT2D eigenvalue weighted by molar-refractivity contribution is 7.53. The van der Waals surface area contributed by atoms with E-state index in [1.807, 2.05) is 0 Å². The van der Waals surface area contributed by atoms with Gasteiger partial charge in [-0.15, -0.1) is 4.67 Å². The van der Waals surface area contributed by atoms with Crippen molar-refractivity contribution in [3.63, 3.8) is 0 Å². The normalized spacial score (nSPS) is 15.4. The van der Waals surface area contributed by atoms with Gasteiger partial charge in [0.05, 0.1) is 19.4 Å². The maximum absolute atomic E-state index is 11.8. The lowest BCUT2D eigenvalue weighted by atomic mass is 10.3. The van der Waals surface area contributed by atoms with Gasteiger partial charge < -0.3 is 10.3 Å². The molecular formula is C8H20NO4P. The Morgan fingerprint density at radius 1 is 1.21 bits per heavy atom. The number of unbranched alkanes of at least 4 members (excludes halogenated alkanes) is 1. The molecular weight excluding hydrogens is 205 g/mol. The Bertz CT molecular complexity index is 177. The molecule has 0 aliphatic heterocycles. The minimum atomic E-state index is -3.04. The molecule has 0 bridgehead atoms. The van der Waals surface area contributed by atoms with Gasteiger partial charge in [0.1, 0.15) is 0 Å². The van der Waals surface area contributed by atoms with E-state index in [9.17, 15) is 4.57 Å². The molecule has 0 amide bonds. The average Bonchev–Trinajstić information content (AvgIpc) is 2.16. The zero-order valence-electron chi connectivity index (χ0n) is 8.90. The second kappa shape index (κ2) is 8.38. The zero-order valence-corrected chi connectivity index (χ0v) is 9.79. The first kappa shape index (κ1) is 14.1. The Kier molecular flexibility index (Phi) is 8.43. The van der Waals surface area contributed by atoms with Crippen LogP contribution >= 0.6 is 7.60 Å². The number of rotatable bonds is 9. The molecule has 2 N–H and O–H groups in total. The summed E-state index contributed by atoms with van der Waals surface area (Å²) in [6, 6.07) is 0. The lowest BCUT2D eigenvalue weighted by molar-refractivity contribution is -0.210. The summed E-state index contributed by atoms with van der Waals surface area (Å²) in [5.74, 6) is 0. The molecule has 86 valence electrons. The maximum atomic E-state index is 11.8. The number of nitrogens with two attached hydrogens (primary N) is 1. The molecule has 14 heavy (non-hydrogen) atoms. The highest BCUT2D eigenvalue weighted by Crippen LogP contribution is 2.48. The highest BCUT2D eigenvalue weighted by Gasteiger charge is 2.24. The lowest BCUT2D eigenvalue weighted by Crippen LogP contribution is -2.04. The average molecular weight is 225 g/mol. The van der Waals surface area contributed by atoms with Gasteiger partial charge in [-0.25, -0.2) is 4.89 Å². The van der Waals surface area contributed by atoms with Gasteiger partial charge in [-0.3, -0.25) is 4.57 Å². The second-order valence-electron chi connectivity index (χ2n) is 2.73. The van der Waals surface area contributed by atoms with Crippen molar-refractivity contribution in [3.05, 3.63) is 0 Å². The summed E-state index contributed by atoms with van der Waals surface area (Å²) in [5, 5.41) is 0. The Balaban J connectivity index is 3.89. The molecule has 0 aliphatic carbocycles. The van der Waals surface area contributed by atoms with Gasteiger partial charge in [-0.1, -0.05) is 0 Å². The van der Waals surface area contributed by atoms with Gasteiger partial charge in [-0.2, -0.15) is 0 Å². The molecule has 1 unspecified atom stereocenters. The summed E-state index contributed by atoms with van der Waals surface area (Å²) in [6.07, 6.45) is 1.89. The molecule has 0 fully saturated rings. The molecule has 0 aliphatic rings. The van der Waals surface area contributed by atoms with Crippen LogP contribution in [0.15, 0.2) is 0 Å². The summed E-state index contributed by atoms with van der Waals surface area (Å²) >= 11 is 0. The minimum Gasteiger partial charge on any atom is -0.330 e. The van der Waals surface area contributed by atoms with Crippen LogP contribution in [0.1, 0.15) is 26.7 Å². The van der Waals surface area contributed by atoms with Crippen molar-refractivity contribution in [2.45, 2.75) is 26.7 Å².